The van der Waals surface area contributed by atoms with Gasteiger partial charge in [0.25, 0.3) is 0 Å². The number of carbonyl (C=O) groups excluding carboxylic acids is 1. The summed E-state index contributed by atoms with van der Waals surface area (Å²) in [4.78, 5) is 17.8. The normalized spacial score (nSPS) is 20.8. The molecule has 3 rings (SSSR count). The second-order valence-electron chi connectivity index (χ2n) is 6.12. The van der Waals surface area contributed by atoms with Crippen molar-refractivity contribution in [3.63, 3.8) is 0 Å². The van der Waals surface area contributed by atoms with Crippen molar-refractivity contribution in [2.24, 2.45) is 0 Å². The molecular weight excluding hydrogens is 334 g/mol. The quantitative estimate of drug-likeness (QED) is 0.873. The smallest absolute Gasteiger partial charge is 0.248 e. The molecule has 5 nitrogen and oxygen atoms in total. The molecule has 23 heavy (non-hydrogen) atoms. The van der Waals surface area contributed by atoms with E-state index in [0.29, 0.717) is 0 Å². The molecule has 0 radical (unpaired) electrons. The topological polar surface area (TPSA) is 44.8 Å². The summed E-state index contributed by atoms with van der Waals surface area (Å²) in [7, 11) is 0. The Kier molecular flexibility index (Phi) is 6.30. The molecule has 1 amide bonds. The first-order valence-electron chi connectivity index (χ1n) is 8.27. The number of ether oxygens (including phenoxy) is 1. The lowest BCUT2D eigenvalue weighted by atomic mass is 10.1. The summed E-state index contributed by atoms with van der Waals surface area (Å²) in [6, 6.07) is 4.02. The van der Waals surface area contributed by atoms with Gasteiger partial charge in [0.05, 0.1) is 10.4 Å². The first-order valence-corrected chi connectivity index (χ1v) is 9.47. The van der Waals surface area contributed by atoms with Crippen molar-refractivity contribution in [1.29, 1.82) is 0 Å². The van der Waals surface area contributed by atoms with Crippen LogP contribution in [0.5, 0.6) is 0 Å². The number of hydrogen-bond donors (Lipinski definition) is 1. The van der Waals surface area contributed by atoms with Crippen LogP contribution in [0.15, 0.2) is 12.1 Å². The maximum atomic E-state index is 12.3. The minimum Gasteiger partial charge on any atom is -0.368 e. The minimum absolute atomic E-state index is 0.127. The molecule has 1 aromatic rings. The van der Waals surface area contributed by atoms with Gasteiger partial charge < -0.3 is 15.0 Å². The maximum absolute atomic E-state index is 12.3. The van der Waals surface area contributed by atoms with Gasteiger partial charge in [0.15, 0.2) is 0 Å². The van der Waals surface area contributed by atoms with E-state index in [9.17, 15) is 4.79 Å². The molecule has 0 aliphatic carbocycles. The number of thiophene rings is 1. The van der Waals surface area contributed by atoms with Gasteiger partial charge in [0, 0.05) is 37.6 Å². The molecule has 128 valence electrons. The van der Waals surface area contributed by atoms with Crippen molar-refractivity contribution in [3.8, 4) is 0 Å². The Labute approximate surface area is 146 Å². The molecule has 0 saturated carbocycles. The van der Waals surface area contributed by atoms with Crippen molar-refractivity contribution in [3.05, 3.63) is 21.3 Å². The zero-order chi connectivity index (χ0) is 16.1. The Balaban J connectivity index is 1.37. The van der Waals surface area contributed by atoms with Crippen LogP contribution in [-0.4, -0.2) is 67.7 Å². The van der Waals surface area contributed by atoms with Gasteiger partial charge in [-0.2, -0.15) is 0 Å². The van der Waals surface area contributed by atoms with Gasteiger partial charge >= 0.3 is 0 Å². The Morgan fingerprint density at radius 1 is 1.26 bits per heavy atom. The van der Waals surface area contributed by atoms with Gasteiger partial charge in [-0.1, -0.05) is 11.6 Å². The largest absolute Gasteiger partial charge is 0.368 e. The van der Waals surface area contributed by atoms with E-state index < -0.39 is 0 Å². The molecule has 0 unspecified atom stereocenters. The molecule has 0 spiro atoms. The summed E-state index contributed by atoms with van der Waals surface area (Å²) in [5.74, 6) is 0.127. The summed E-state index contributed by atoms with van der Waals surface area (Å²) in [5, 5.41) is 3.30. The number of amides is 1. The monoisotopic (exact) mass is 357 g/mol. The fourth-order valence-corrected chi connectivity index (χ4v) is 4.19. The molecule has 0 aromatic carbocycles. The highest BCUT2D eigenvalue weighted by molar-refractivity contribution is 7.16. The molecule has 0 atom stereocenters. The molecule has 2 saturated heterocycles. The van der Waals surface area contributed by atoms with Crippen LogP contribution in [0.1, 0.15) is 17.7 Å². The van der Waals surface area contributed by atoms with Crippen molar-refractivity contribution >= 4 is 28.8 Å². The minimum atomic E-state index is 0.127. The van der Waals surface area contributed by atoms with E-state index in [0.717, 1.165) is 63.0 Å². The lowest BCUT2D eigenvalue weighted by molar-refractivity contribution is -0.140. The molecule has 7 heteroatoms. The molecule has 0 bridgehead atoms. The Bertz CT molecular complexity index is 511. The van der Waals surface area contributed by atoms with Crippen LogP contribution in [0.2, 0.25) is 4.34 Å². The first-order chi connectivity index (χ1) is 11.2. The average molecular weight is 358 g/mol. The summed E-state index contributed by atoms with van der Waals surface area (Å²) >= 11 is 7.60. The van der Waals surface area contributed by atoms with Gasteiger partial charge in [0.2, 0.25) is 5.91 Å². The van der Waals surface area contributed by atoms with E-state index in [-0.39, 0.29) is 18.6 Å². The highest BCUT2D eigenvalue weighted by Gasteiger charge is 2.23. The van der Waals surface area contributed by atoms with E-state index in [1.165, 1.54) is 4.88 Å². The molecule has 1 aromatic heterocycles. The number of nitrogens with zero attached hydrogens (tertiary/aromatic N) is 2. The predicted octanol–water partition coefficient (Wildman–Crippen LogP) is 1.81. The molecular formula is C16H24ClN3O2S. The third-order valence-electron chi connectivity index (χ3n) is 4.46. The molecule has 2 fully saturated rings. The zero-order valence-corrected chi connectivity index (χ0v) is 14.9. The Morgan fingerprint density at radius 2 is 2.00 bits per heavy atom. The van der Waals surface area contributed by atoms with E-state index in [4.69, 9.17) is 16.3 Å². The molecule has 3 heterocycles. The summed E-state index contributed by atoms with van der Waals surface area (Å²) in [5.41, 5.74) is 0. The average Bonchev–Trinajstić information content (AvgIpc) is 2.99. The number of piperidine rings is 1. The van der Waals surface area contributed by atoms with Crippen molar-refractivity contribution in [2.75, 3.05) is 45.9 Å². The third kappa shape index (κ3) is 5.16. The second kappa shape index (κ2) is 8.44. The summed E-state index contributed by atoms with van der Waals surface area (Å²) in [6.45, 7) is 6.52. The predicted molar refractivity (Wildman–Crippen MR) is 93.0 cm³/mol. The maximum Gasteiger partial charge on any atom is 0.248 e. The highest BCUT2D eigenvalue weighted by Crippen LogP contribution is 2.23. The van der Waals surface area contributed by atoms with Crippen LogP contribution >= 0.6 is 22.9 Å². The van der Waals surface area contributed by atoms with Crippen molar-refractivity contribution < 1.29 is 9.53 Å². The molecule has 1 N–H and O–H groups in total. The van der Waals surface area contributed by atoms with Gasteiger partial charge in [-0.05, 0) is 38.1 Å². The summed E-state index contributed by atoms with van der Waals surface area (Å²) in [6.07, 6.45) is 2.25. The van der Waals surface area contributed by atoms with E-state index in [2.05, 4.69) is 16.3 Å². The van der Waals surface area contributed by atoms with Crippen LogP contribution in [-0.2, 0) is 16.1 Å². The second-order valence-corrected chi connectivity index (χ2v) is 7.92. The number of rotatable bonds is 5. The Morgan fingerprint density at radius 3 is 2.65 bits per heavy atom. The zero-order valence-electron chi connectivity index (χ0n) is 13.3. The number of hydrogen-bond acceptors (Lipinski definition) is 5. The summed E-state index contributed by atoms with van der Waals surface area (Å²) < 4.78 is 6.60. The Hall–Kier alpha value is -0.660. The van der Waals surface area contributed by atoms with Crippen LogP contribution < -0.4 is 5.32 Å². The van der Waals surface area contributed by atoms with Crippen LogP contribution in [0.25, 0.3) is 0 Å². The molecule has 2 aliphatic heterocycles. The van der Waals surface area contributed by atoms with Crippen LogP contribution in [0, 0.1) is 0 Å². The fourth-order valence-electron chi connectivity index (χ4n) is 3.06. The fraction of sp³-hybridized carbons (Fsp3) is 0.688. The first kappa shape index (κ1) is 17.2. The number of halogens is 1. The molecule has 2 aliphatic rings. The van der Waals surface area contributed by atoms with E-state index >= 15 is 0 Å². The lowest BCUT2D eigenvalue weighted by Gasteiger charge is -2.34. The SMILES string of the molecule is O=C(COC1CCNCC1)N1CCN(Cc2ccc(Cl)s2)CC1. The number of nitrogens with one attached hydrogen (secondary N) is 1. The number of piperazine rings is 1. The van der Waals surface area contributed by atoms with Crippen molar-refractivity contribution in [1.82, 2.24) is 15.1 Å². The van der Waals surface area contributed by atoms with Gasteiger partial charge in [-0.15, -0.1) is 11.3 Å². The van der Waals surface area contributed by atoms with Crippen LogP contribution in [0.4, 0.5) is 0 Å². The van der Waals surface area contributed by atoms with Gasteiger partial charge in [-0.25, -0.2) is 0 Å². The third-order valence-corrected chi connectivity index (χ3v) is 5.68. The van der Waals surface area contributed by atoms with Crippen LogP contribution in [0.3, 0.4) is 0 Å². The van der Waals surface area contributed by atoms with Crippen molar-refractivity contribution in [2.45, 2.75) is 25.5 Å². The highest BCUT2D eigenvalue weighted by atomic mass is 35.5. The van der Waals surface area contributed by atoms with E-state index in [1.54, 1.807) is 11.3 Å². The van der Waals surface area contributed by atoms with Gasteiger partial charge in [0.1, 0.15) is 6.61 Å². The lowest BCUT2D eigenvalue weighted by Crippen LogP contribution is -2.49. The van der Waals surface area contributed by atoms with E-state index in [1.807, 2.05) is 11.0 Å². The van der Waals surface area contributed by atoms with Gasteiger partial charge in [-0.3, -0.25) is 9.69 Å². The standard InChI is InChI=1S/C16H24ClN3O2S/c17-15-2-1-14(23-15)11-19-7-9-20(10-8-19)16(21)12-22-13-3-5-18-6-4-13/h1-2,13,18H,3-12H2. The number of carbonyl (C=O) groups is 1.